The molecule has 0 heterocycles. The number of phosphoric acid groups is 2. The van der Waals surface area contributed by atoms with Crippen LogP contribution in [0.1, 0.15) is 0 Å². The van der Waals surface area contributed by atoms with Crippen molar-refractivity contribution in [1.29, 1.82) is 0 Å². The van der Waals surface area contributed by atoms with Crippen LogP contribution in [0.2, 0.25) is 0 Å². The van der Waals surface area contributed by atoms with Crippen molar-refractivity contribution in [2.45, 2.75) is 0 Å². The van der Waals surface area contributed by atoms with Crippen LogP contribution in [0.25, 0.3) is 0 Å². The van der Waals surface area contributed by atoms with Crippen molar-refractivity contribution in [3.8, 4) is 0 Å². The molecule has 14 heteroatoms. The molecule has 0 fully saturated rings. The molecule has 0 saturated heterocycles. The third-order valence-electron chi connectivity index (χ3n) is 0. The third kappa shape index (κ3) is 376. The number of hydrogen-bond donors (Lipinski definition) is 6. The van der Waals surface area contributed by atoms with E-state index in [0.717, 1.165) is 0 Å². The van der Waals surface area contributed by atoms with Gasteiger partial charge in [0.1, 0.15) is 0 Å². The average molecular weight is 458 g/mol. The molecular weight excluding hydrogens is 451 g/mol. The molecule has 0 aliphatic rings. The van der Waals surface area contributed by atoms with E-state index in [-0.39, 0.29) is 77.9 Å². The van der Waals surface area contributed by atoms with Crippen LogP contribution < -0.4 is 0 Å². The zero-order valence-corrected chi connectivity index (χ0v) is 20.9. The molecule has 0 aromatic rings. The minimum Gasteiger partial charge on any atom is -0.303 e. The molecule has 0 saturated carbocycles. The van der Waals surface area contributed by atoms with Crippen LogP contribution in [0.3, 0.4) is 0 Å². The van der Waals surface area contributed by atoms with Crippen LogP contribution in [-0.2, 0) is 87.0 Å². The second kappa shape index (κ2) is 15.7. The van der Waals surface area contributed by atoms with Crippen LogP contribution >= 0.6 is 15.6 Å². The van der Waals surface area contributed by atoms with Crippen LogP contribution in [0.15, 0.2) is 0 Å². The van der Waals surface area contributed by atoms with Gasteiger partial charge in [-0.2, -0.15) is 0 Å². The van der Waals surface area contributed by atoms with E-state index in [4.69, 9.17) is 38.5 Å². The molecule has 0 atom stereocenters. The Balaban J connectivity index is -0.0000000178. The molecular formula is H6O8P2Zn4. The Bertz CT molecular complexity index is 132. The summed E-state index contributed by atoms with van der Waals surface area (Å²) in [6.07, 6.45) is 0. The molecule has 72 valence electrons. The summed E-state index contributed by atoms with van der Waals surface area (Å²) in [7, 11) is -9.28. The summed E-state index contributed by atoms with van der Waals surface area (Å²) in [5.74, 6) is 0. The standard InChI is InChI=1S/2H3O4P.4Zn/c2*1-5(2,3)4;;;;/h2*(H3,1,2,3,4);;;;. The van der Waals surface area contributed by atoms with Gasteiger partial charge in [0.05, 0.1) is 0 Å². The second-order valence-corrected chi connectivity index (χ2v) is 3.08. The maximum Gasteiger partial charge on any atom is 0.466 e. The number of rotatable bonds is 0. The smallest absolute Gasteiger partial charge is 0.303 e. The van der Waals surface area contributed by atoms with Gasteiger partial charge >= 0.3 is 15.6 Å². The molecule has 8 nitrogen and oxygen atoms in total. The van der Waals surface area contributed by atoms with Crippen LogP contribution in [-0.4, -0.2) is 29.4 Å². The van der Waals surface area contributed by atoms with Crippen LogP contribution in [0, 0.1) is 0 Å². The second-order valence-electron chi connectivity index (χ2n) is 1.03. The molecule has 0 amide bonds. The minimum absolute atomic E-state index is 0. The van der Waals surface area contributed by atoms with Gasteiger partial charge in [0.15, 0.2) is 0 Å². The Morgan fingerprint density at radius 2 is 0.500 bits per heavy atom. The fraction of sp³-hybridized carbons (Fsp3) is 0. The molecule has 0 radical (unpaired) electrons. The molecule has 0 aliphatic carbocycles. The third-order valence-corrected chi connectivity index (χ3v) is 0. The van der Waals surface area contributed by atoms with E-state index in [0.29, 0.717) is 0 Å². The van der Waals surface area contributed by atoms with Crippen molar-refractivity contribution < 1.29 is 116 Å². The first-order valence-corrected chi connectivity index (χ1v) is 4.70. The van der Waals surface area contributed by atoms with Crippen LogP contribution in [0.4, 0.5) is 0 Å². The Labute approximate surface area is 131 Å². The van der Waals surface area contributed by atoms with Gasteiger partial charge in [-0.15, -0.1) is 0 Å². The number of hydrogen-bond acceptors (Lipinski definition) is 2. The van der Waals surface area contributed by atoms with Crippen molar-refractivity contribution in [2.24, 2.45) is 0 Å². The summed E-state index contributed by atoms with van der Waals surface area (Å²) in [5, 5.41) is 0. The van der Waals surface area contributed by atoms with Crippen LogP contribution in [0.5, 0.6) is 0 Å². The normalized spacial score (nSPS) is 8.43. The topological polar surface area (TPSA) is 156 Å². The van der Waals surface area contributed by atoms with Crippen molar-refractivity contribution >= 4 is 15.6 Å². The van der Waals surface area contributed by atoms with Crippen molar-refractivity contribution in [3.63, 3.8) is 0 Å². The summed E-state index contributed by atoms with van der Waals surface area (Å²) < 4.78 is 17.8. The molecule has 0 aliphatic heterocycles. The van der Waals surface area contributed by atoms with E-state index >= 15 is 0 Å². The quantitative estimate of drug-likeness (QED) is 0.183. The molecule has 14 heavy (non-hydrogen) atoms. The van der Waals surface area contributed by atoms with E-state index in [1.807, 2.05) is 0 Å². The van der Waals surface area contributed by atoms with Gasteiger partial charge in [0.2, 0.25) is 0 Å². The van der Waals surface area contributed by atoms with Gasteiger partial charge < -0.3 is 29.4 Å². The average Bonchev–Trinajstić information content (AvgIpc) is 1.12. The Hall–Kier alpha value is 2.71. The molecule has 6 N–H and O–H groups in total. The van der Waals surface area contributed by atoms with Crippen molar-refractivity contribution in [3.05, 3.63) is 0 Å². The first-order chi connectivity index (χ1) is 4.00. The van der Waals surface area contributed by atoms with Gasteiger partial charge in [-0.3, -0.25) is 0 Å². The first-order valence-electron chi connectivity index (χ1n) is 1.57. The van der Waals surface area contributed by atoms with Gasteiger partial charge in [-0.25, -0.2) is 9.13 Å². The Kier molecular flexibility index (Phi) is 40.4. The fourth-order valence-electron chi connectivity index (χ4n) is 0. The molecule has 0 aromatic heterocycles. The molecule has 0 bridgehead atoms. The van der Waals surface area contributed by atoms with Gasteiger partial charge in [-0.1, -0.05) is 0 Å². The Morgan fingerprint density at radius 3 is 0.500 bits per heavy atom. The van der Waals surface area contributed by atoms with Crippen molar-refractivity contribution in [1.82, 2.24) is 0 Å². The monoisotopic (exact) mass is 452 g/mol. The summed E-state index contributed by atoms with van der Waals surface area (Å²) in [5.41, 5.74) is 0. The molecule has 0 aromatic carbocycles. The minimum atomic E-state index is -4.64. The largest absolute Gasteiger partial charge is 0.466 e. The van der Waals surface area contributed by atoms with Crippen molar-refractivity contribution in [2.75, 3.05) is 0 Å². The van der Waals surface area contributed by atoms with E-state index in [1.54, 1.807) is 0 Å². The summed E-state index contributed by atoms with van der Waals surface area (Å²) >= 11 is 0. The maximum atomic E-state index is 8.88. The zero-order valence-electron chi connectivity index (χ0n) is 7.22. The van der Waals surface area contributed by atoms with Gasteiger partial charge in [0, 0.05) is 77.9 Å². The summed E-state index contributed by atoms with van der Waals surface area (Å²) in [6, 6.07) is 0. The SMILES string of the molecule is O=P(O)(O)O.O=P(O)(O)O.[Zn].[Zn].[Zn].[Zn]. The molecule has 0 spiro atoms. The maximum absolute atomic E-state index is 8.88. The predicted molar refractivity (Wildman–Crippen MR) is 28.5 cm³/mol. The van der Waals surface area contributed by atoms with E-state index in [2.05, 4.69) is 0 Å². The van der Waals surface area contributed by atoms with E-state index < -0.39 is 15.6 Å². The predicted octanol–water partition coefficient (Wildman–Crippen LogP) is -1.87. The summed E-state index contributed by atoms with van der Waals surface area (Å²) in [6.45, 7) is 0. The molecule has 0 unspecified atom stereocenters. The fourth-order valence-corrected chi connectivity index (χ4v) is 0. The van der Waals surface area contributed by atoms with E-state index in [9.17, 15) is 0 Å². The summed E-state index contributed by atoms with van der Waals surface area (Å²) in [4.78, 5) is 43.1. The zero-order chi connectivity index (χ0) is 9.00. The first kappa shape index (κ1) is 36.0. The molecule has 0 rings (SSSR count). The van der Waals surface area contributed by atoms with E-state index in [1.165, 1.54) is 0 Å². The van der Waals surface area contributed by atoms with Gasteiger partial charge in [0.25, 0.3) is 0 Å². The Morgan fingerprint density at radius 1 is 0.500 bits per heavy atom. The van der Waals surface area contributed by atoms with Gasteiger partial charge in [-0.05, 0) is 0 Å².